The van der Waals surface area contributed by atoms with E-state index in [-0.39, 0.29) is 18.2 Å². The number of carbonyl (C=O) groups is 2. The summed E-state index contributed by atoms with van der Waals surface area (Å²) in [5.74, 6) is 0.280. The van der Waals surface area contributed by atoms with Crippen LogP contribution in [0.25, 0.3) is 10.9 Å². The van der Waals surface area contributed by atoms with E-state index in [9.17, 15) is 9.59 Å². The van der Waals surface area contributed by atoms with Gasteiger partial charge in [-0.3, -0.25) is 9.59 Å². The molecule has 1 saturated heterocycles. The fourth-order valence-electron chi connectivity index (χ4n) is 3.87. The maximum absolute atomic E-state index is 13.1. The van der Waals surface area contributed by atoms with Gasteiger partial charge < -0.3 is 15.2 Å². The first-order chi connectivity index (χ1) is 13.5. The fraction of sp³-hybridized carbons (Fsp3) is 0.304. The lowest BCUT2D eigenvalue weighted by atomic mass is 9.96. The second kappa shape index (κ2) is 7.50. The van der Waals surface area contributed by atoms with Crippen LogP contribution in [0, 0.1) is 0 Å². The van der Waals surface area contributed by atoms with E-state index in [2.05, 4.69) is 24.1 Å². The van der Waals surface area contributed by atoms with E-state index in [1.165, 1.54) is 5.56 Å². The molecular formula is C23H25N3O2. The summed E-state index contributed by atoms with van der Waals surface area (Å²) < 4.78 is 0. The molecule has 2 aromatic carbocycles. The summed E-state index contributed by atoms with van der Waals surface area (Å²) in [5.41, 5.74) is 4.05. The van der Waals surface area contributed by atoms with Crippen molar-refractivity contribution in [2.75, 3.05) is 13.1 Å². The molecule has 1 aliphatic rings. The standard InChI is InChI=1S/C23H25N3O2/c1-15(2)16-7-9-17(10-8-16)22-23(28)24-11-12-26(22)21(27)13-18-14-25-20-6-4-3-5-19(18)20/h3-10,14-15,22,25H,11-13H2,1-2H3,(H,24,28). The topological polar surface area (TPSA) is 65.2 Å². The van der Waals surface area contributed by atoms with Gasteiger partial charge in [0.15, 0.2) is 0 Å². The molecule has 1 fully saturated rings. The molecule has 28 heavy (non-hydrogen) atoms. The number of aromatic nitrogens is 1. The lowest BCUT2D eigenvalue weighted by Crippen LogP contribution is -2.52. The van der Waals surface area contributed by atoms with Crippen molar-refractivity contribution in [3.63, 3.8) is 0 Å². The molecule has 0 aliphatic carbocycles. The van der Waals surface area contributed by atoms with E-state index >= 15 is 0 Å². The highest BCUT2D eigenvalue weighted by Gasteiger charge is 2.34. The Labute approximate surface area is 164 Å². The SMILES string of the molecule is CC(C)c1ccc(C2C(=O)NCCN2C(=O)Cc2c[nH]c3ccccc23)cc1. The van der Waals surface area contributed by atoms with E-state index in [0.717, 1.165) is 22.0 Å². The lowest BCUT2D eigenvalue weighted by Gasteiger charge is -2.35. The molecule has 0 bridgehead atoms. The molecule has 0 saturated carbocycles. The number of carbonyl (C=O) groups excluding carboxylic acids is 2. The van der Waals surface area contributed by atoms with E-state index < -0.39 is 6.04 Å². The second-order valence-electron chi connectivity index (χ2n) is 7.64. The number of H-pyrrole nitrogens is 1. The Kier molecular flexibility index (Phi) is 4.90. The first kappa shape index (κ1) is 18.3. The number of benzene rings is 2. The zero-order valence-electron chi connectivity index (χ0n) is 16.2. The molecule has 3 aromatic rings. The van der Waals surface area contributed by atoms with Crippen LogP contribution in [-0.4, -0.2) is 34.8 Å². The van der Waals surface area contributed by atoms with Crippen LogP contribution < -0.4 is 5.32 Å². The number of fused-ring (bicyclic) bond motifs is 1. The first-order valence-corrected chi connectivity index (χ1v) is 9.76. The summed E-state index contributed by atoms with van der Waals surface area (Å²) in [5, 5.41) is 3.95. The van der Waals surface area contributed by atoms with Crippen LogP contribution in [0.15, 0.2) is 54.7 Å². The fourth-order valence-corrected chi connectivity index (χ4v) is 3.87. The van der Waals surface area contributed by atoms with Crippen molar-refractivity contribution in [2.24, 2.45) is 0 Å². The number of amides is 2. The number of nitrogens with zero attached hydrogens (tertiary/aromatic N) is 1. The number of nitrogens with one attached hydrogen (secondary N) is 2. The van der Waals surface area contributed by atoms with Gasteiger partial charge in [-0.2, -0.15) is 0 Å². The van der Waals surface area contributed by atoms with Gasteiger partial charge in [-0.15, -0.1) is 0 Å². The van der Waals surface area contributed by atoms with E-state index in [0.29, 0.717) is 19.0 Å². The average Bonchev–Trinajstić information content (AvgIpc) is 3.11. The molecule has 2 heterocycles. The molecule has 0 spiro atoms. The van der Waals surface area contributed by atoms with Gasteiger partial charge in [-0.1, -0.05) is 56.3 Å². The van der Waals surface area contributed by atoms with Crippen molar-refractivity contribution in [1.29, 1.82) is 0 Å². The summed E-state index contributed by atoms with van der Waals surface area (Å²) in [6.07, 6.45) is 2.16. The predicted octanol–water partition coefficient (Wildman–Crippen LogP) is 3.53. The van der Waals surface area contributed by atoms with Gasteiger partial charge in [-0.25, -0.2) is 0 Å². The minimum atomic E-state index is -0.576. The number of aromatic amines is 1. The molecule has 0 radical (unpaired) electrons. The maximum Gasteiger partial charge on any atom is 0.247 e. The Balaban J connectivity index is 1.60. The minimum absolute atomic E-state index is 0.0301. The zero-order chi connectivity index (χ0) is 19.7. The van der Waals surface area contributed by atoms with Gasteiger partial charge in [0, 0.05) is 30.2 Å². The molecule has 4 rings (SSSR count). The summed E-state index contributed by atoms with van der Waals surface area (Å²) in [7, 11) is 0. The highest BCUT2D eigenvalue weighted by Crippen LogP contribution is 2.27. The van der Waals surface area contributed by atoms with E-state index in [1.807, 2.05) is 54.7 Å². The van der Waals surface area contributed by atoms with Gasteiger partial charge in [0.05, 0.1) is 6.42 Å². The normalized spacial score (nSPS) is 17.2. The Bertz CT molecular complexity index is 1000. The van der Waals surface area contributed by atoms with Crippen LogP contribution >= 0.6 is 0 Å². The highest BCUT2D eigenvalue weighted by atomic mass is 16.2. The van der Waals surface area contributed by atoms with Crippen molar-refractivity contribution in [3.05, 3.63) is 71.4 Å². The molecule has 2 amide bonds. The average molecular weight is 375 g/mol. The third-order valence-corrected chi connectivity index (χ3v) is 5.47. The van der Waals surface area contributed by atoms with Crippen LogP contribution in [0.2, 0.25) is 0 Å². The summed E-state index contributed by atoms with van der Waals surface area (Å²) in [4.78, 5) is 30.7. The van der Waals surface area contributed by atoms with Crippen LogP contribution in [0.5, 0.6) is 0 Å². The molecule has 1 unspecified atom stereocenters. The van der Waals surface area contributed by atoms with Crippen molar-refractivity contribution in [1.82, 2.24) is 15.2 Å². The highest BCUT2D eigenvalue weighted by molar-refractivity contribution is 5.93. The quantitative estimate of drug-likeness (QED) is 0.733. The molecule has 1 aliphatic heterocycles. The third kappa shape index (κ3) is 3.40. The van der Waals surface area contributed by atoms with Crippen LogP contribution in [0.4, 0.5) is 0 Å². The van der Waals surface area contributed by atoms with Crippen molar-refractivity contribution in [3.8, 4) is 0 Å². The molecule has 5 heteroatoms. The molecule has 144 valence electrons. The van der Waals surface area contributed by atoms with Crippen LogP contribution in [0.3, 0.4) is 0 Å². The molecule has 5 nitrogen and oxygen atoms in total. The predicted molar refractivity (Wildman–Crippen MR) is 110 cm³/mol. The smallest absolute Gasteiger partial charge is 0.247 e. The largest absolute Gasteiger partial charge is 0.361 e. The Morgan fingerprint density at radius 1 is 1.14 bits per heavy atom. The van der Waals surface area contributed by atoms with Gasteiger partial charge in [0.1, 0.15) is 6.04 Å². The molecular weight excluding hydrogens is 350 g/mol. The lowest BCUT2D eigenvalue weighted by molar-refractivity contribution is -0.143. The van der Waals surface area contributed by atoms with Gasteiger partial charge in [0.25, 0.3) is 0 Å². The third-order valence-electron chi connectivity index (χ3n) is 5.47. The van der Waals surface area contributed by atoms with Crippen molar-refractivity contribution < 1.29 is 9.59 Å². The van der Waals surface area contributed by atoms with Crippen LogP contribution in [-0.2, 0) is 16.0 Å². The van der Waals surface area contributed by atoms with E-state index in [1.54, 1.807) is 4.90 Å². The molecule has 1 atom stereocenters. The molecule has 1 aromatic heterocycles. The van der Waals surface area contributed by atoms with Gasteiger partial charge >= 0.3 is 0 Å². The number of rotatable bonds is 4. The Morgan fingerprint density at radius 3 is 2.64 bits per heavy atom. The summed E-state index contributed by atoms with van der Waals surface area (Å²) in [6.45, 7) is 5.28. The second-order valence-corrected chi connectivity index (χ2v) is 7.64. The van der Waals surface area contributed by atoms with Gasteiger partial charge in [0.2, 0.25) is 11.8 Å². The number of piperazine rings is 1. The number of para-hydroxylation sites is 1. The minimum Gasteiger partial charge on any atom is -0.361 e. The first-order valence-electron chi connectivity index (χ1n) is 9.76. The monoisotopic (exact) mass is 375 g/mol. The Morgan fingerprint density at radius 2 is 1.89 bits per heavy atom. The molecule has 2 N–H and O–H groups in total. The Hall–Kier alpha value is -3.08. The van der Waals surface area contributed by atoms with Gasteiger partial charge in [-0.05, 0) is 28.7 Å². The number of hydrogen-bond donors (Lipinski definition) is 2. The summed E-state index contributed by atoms with van der Waals surface area (Å²) in [6, 6.07) is 15.4. The summed E-state index contributed by atoms with van der Waals surface area (Å²) >= 11 is 0. The zero-order valence-corrected chi connectivity index (χ0v) is 16.2. The van der Waals surface area contributed by atoms with Crippen molar-refractivity contribution >= 4 is 22.7 Å². The van der Waals surface area contributed by atoms with Crippen LogP contribution in [0.1, 0.15) is 42.5 Å². The number of hydrogen-bond acceptors (Lipinski definition) is 2. The van der Waals surface area contributed by atoms with Crippen molar-refractivity contribution in [2.45, 2.75) is 32.2 Å². The van der Waals surface area contributed by atoms with E-state index in [4.69, 9.17) is 0 Å². The maximum atomic E-state index is 13.1.